The molecule has 0 saturated heterocycles. The molecule has 1 aliphatic heterocycles. The first-order valence-electron chi connectivity index (χ1n) is 6.45. The number of halogens is 1. The van der Waals surface area contributed by atoms with Crippen LogP contribution in [0.3, 0.4) is 0 Å². The molecule has 1 aromatic carbocycles. The Kier molecular flexibility index (Phi) is 2.83. The maximum Gasteiger partial charge on any atom is 0.162 e. The monoisotopic (exact) mass is 336 g/mol. The van der Waals surface area contributed by atoms with Gasteiger partial charge in [0.25, 0.3) is 0 Å². The second-order valence-corrected chi connectivity index (χ2v) is 6.42. The number of fused-ring (bicyclic) bond motifs is 3. The zero-order valence-corrected chi connectivity index (χ0v) is 13.8. The lowest BCUT2D eigenvalue weighted by Crippen LogP contribution is -2.36. The number of benzene rings is 1. The first kappa shape index (κ1) is 13.4. The number of ether oxygens (including phenoxy) is 1. The number of aryl methyl sites for hydroxylation is 1. The molecule has 1 aliphatic rings. The van der Waals surface area contributed by atoms with Gasteiger partial charge in [-0.05, 0) is 39.3 Å². The minimum Gasteiger partial charge on any atom is -0.494 e. The summed E-state index contributed by atoms with van der Waals surface area (Å²) in [6, 6.07) is 1.99. The van der Waals surface area contributed by atoms with Crippen molar-refractivity contribution in [3.8, 4) is 11.4 Å². The van der Waals surface area contributed by atoms with Crippen molar-refractivity contribution in [3.63, 3.8) is 0 Å². The summed E-state index contributed by atoms with van der Waals surface area (Å²) in [7, 11) is 1.68. The average molecular weight is 337 g/mol. The maximum absolute atomic E-state index is 5.53. The summed E-state index contributed by atoms with van der Waals surface area (Å²) in [5, 5.41) is 12.1. The summed E-state index contributed by atoms with van der Waals surface area (Å²) < 4.78 is 8.64. The van der Waals surface area contributed by atoms with Gasteiger partial charge in [0.15, 0.2) is 5.82 Å². The fraction of sp³-hybridized carbons (Fsp3) is 0.429. The van der Waals surface area contributed by atoms with E-state index in [9.17, 15) is 0 Å². The molecule has 6 heteroatoms. The number of hydrogen-bond acceptors (Lipinski definition) is 4. The third-order valence-electron chi connectivity index (χ3n) is 3.72. The van der Waals surface area contributed by atoms with Crippen molar-refractivity contribution in [3.05, 3.63) is 27.8 Å². The van der Waals surface area contributed by atoms with Crippen LogP contribution in [0, 0.1) is 13.8 Å². The highest BCUT2D eigenvalue weighted by atomic mass is 79.9. The number of anilines is 1. The summed E-state index contributed by atoms with van der Waals surface area (Å²) in [5.74, 6) is 2.59. The van der Waals surface area contributed by atoms with Gasteiger partial charge in [-0.3, -0.25) is 4.57 Å². The van der Waals surface area contributed by atoms with Crippen molar-refractivity contribution < 1.29 is 4.74 Å². The normalized spacial score (nSPS) is 15.3. The Morgan fingerprint density at radius 1 is 1.30 bits per heavy atom. The van der Waals surface area contributed by atoms with E-state index in [1.54, 1.807) is 7.11 Å². The van der Waals surface area contributed by atoms with Gasteiger partial charge in [0, 0.05) is 4.47 Å². The van der Waals surface area contributed by atoms with E-state index in [4.69, 9.17) is 4.74 Å². The molecule has 1 N–H and O–H groups in total. The molecule has 5 nitrogen and oxygen atoms in total. The first-order chi connectivity index (χ1) is 9.36. The molecular weight excluding hydrogens is 320 g/mol. The van der Waals surface area contributed by atoms with Gasteiger partial charge in [0.05, 0.1) is 18.3 Å². The summed E-state index contributed by atoms with van der Waals surface area (Å²) >= 11 is 3.60. The van der Waals surface area contributed by atoms with Crippen molar-refractivity contribution in [2.75, 3.05) is 12.4 Å². The van der Waals surface area contributed by atoms with E-state index < -0.39 is 0 Å². The molecule has 20 heavy (non-hydrogen) atoms. The summed E-state index contributed by atoms with van der Waals surface area (Å²) in [6.45, 7) is 8.22. The molecule has 0 unspecified atom stereocenters. The Bertz CT molecular complexity index is 706. The largest absolute Gasteiger partial charge is 0.494 e. The number of methoxy groups -OCH3 is 1. The van der Waals surface area contributed by atoms with E-state index in [-0.39, 0.29) is 5.54 Å². The smallest absolute Gasteiger partial charge is 0.162 e. The summed E-state index contributed by atoms with van der Waals surface area (Å²) in [5.41, 5.74) is 2.86. The second-order valence-electron chi connectivity index (χ2n) is 5.57. The highest BCUT2D eigenvalue weighted by Crippen LogP contribution is 2.45. The Morgan fingerprint density at radius 2 is 2.00 bits per heavy atom. The zero-order chi connectivity index (χ0) is 14.7. The second kappa shape index (κ2) is 4.22. The van der Waals surface area contributed by atoms with Crippen molar-refractivity contribution in [2.24, 2.45) is 0 Å². The van der Waals surface area contributed by atoms with E-state index in [1.165, 1.54) is 0 Å². The van der Waals surface area contributed by atoms with Crippen LogP contribution in [-0.2, 0) is 5.54 Å². The van der Waals surface area contributed by atoms with Gasteiger partial charge < -0.3 is 10.1 Å². The lowest BCUT2D eigenvalue weighted by atomic mass is 9.98. The fourth-order valence-corrected chi connectivity index (χ4v) is 3.07. The minimum atomic E-state index is -0.304. The van der Waals surface area contributed by atoms with Gasteiger partial charge in [-0.1, -0.05) is 15.9 Å². The van der Waals surface area contributed by atoms with Crippen LogP contribution >= 0.6 is 15.9 Å². The predicted octanol–water partition coefficient (Wildman–Crippen LogP) is 3.32. The van der Waals surface area contributed by atoms with Crippen LogP contribution in [-0.4, -0.2) is 21.9 Å². The van der Waals surface area contributed by atoms with E-state index >= 15 is 0 Å². The molecule has 106 valence electrons. The highest BCUT2D eigenvalue weighted by Gasteiger charge is 2.36. The van der Waals surface area contributed by atoms with Crippen molar-refractivity contribution in [1.29, 1.82) is 0 Å². The van der Waals surface area contributed by atoms with E-state index in [0.717, 1.165) is 38.8 Å². The zero-order valence-electron chi connectivity index (χ0n) is 12.2. The lowest BCUT2D eigenvalue weighted by molar-refractivity contribution is 0.411. The highest BCUT2D eigenvalue weighted by molar-refractivity contribution is 9.10. The molecule has 0 radical (unpaired) electrons. The van der Waals surface area contributed by atoms with Crippen LogP contribution in [0.5, 0.6) is 5.75 Å². The van der Waals surface area contributed by atoms with Crippen LogP contribution in [0.2, 0.25) is 0 Å². The fourth-order valence-electron chi connectivity index (χ4n) is 2.68. The predicted molar refractivity (Wildman–Crippen MR) is 81.7 cm³/mol. The Hall–Kier alpha value is -1.56. The van der Waals surface area contributed by atoms with Crippen molar-refractivity contribution in [1.82, 2.24) is 14.8 Å². The van der Waals surface area contributed by atoms with Crippen molar-refractivity contribution in [2.45, 2.75) is 33.2 Å². The summed E-state index contributed by atoms with van der Waals surface area (Å²) in [6.07, 6.45) is 0. The maximum atomic E-state index is 5.53. The van der Waals surface area contributed by atoms with E-state index in [0.29, 0.717) is 0 Å². The number of nitrogens with one attached hydrogen (secondary N) is 1. The number of nitrogens with zero attached hydrogens (tertiary/aromatic N) is 3. The van der Waals surface area contributed by atoms with E-state index in [1.807, 2.05) is 13.0 Å². The molecule has 0 spiro atoms. The van der Waals surface area contributed by atoms with Crippen LogP contribution < -0.4 is 10.1 Å². The Morgan fingerprint density at radius 3 is 2.65 bits per heavy atom. The number of rotatable bonds is 1. The molecule has 2 aromatic rings. The molecule has 0 saturated carbocycles. The molecular formula is C14H17BrN4O. The Labute approximate surface area is 126 Å². The van der Waals surface area contributed by atoms with Gasteiger partial charge in [0.2, 0.25) is 0 Å². The molecule has 0 atom stereocenters. The third-order valence-corrected chi connectivity index (χ3v) is 4.54. The van der Waals surface area contributed by atoms with Crippen molar-refractivity contribution >= 4 is 21.6 Å². The van der Waals surface area contributed by atoms with Gasteiger partial charge >= 0.3 is 0 Å². The van der Waals surface area contributed by atoms with Gasteiger partial charge in [-0.2, -0.15) is 0 Å². The molecule has 0 aliphatic carbocycles. The summed E-state index contributed by atoms with van der Waals surface area (Å²) in [4.78, 5) is 0. The Balaban J connectivity index is 2.43. The number of hydrogen-bond donors (Lipinski definition) is 1. The average Bonchev–Trinajstić information content (AvgIpc) is 2.77. The van der Waals surface area contributed by atoms with Gasteiger partial charge in [0.1, 0.15) is 17.3 Å². The quantitative estimate of drug-likeness (QED) is 0.867. The third kappa shape index (κ3) is 1.67. The number of aromatic nitrogens is 3. The molecule has 0 bridgehead atoms. The van der Waals surface area contributed by atoms with Crippen LogP contribution in [0.15, 0.2) is 10.5 Å². The van der Waals surface area contributed by atoms with E-state index in [2.05, 4.69) is 56.8 Å². The molecule has 3 rings (SSSR count). The van der Waals surface area contributed by atoms with Gasteiger partial charge in [-0.15, -0.1) is 10.2 Å². The first-order valence-corrected chi connectivity index (χ1v) is 7.24. The molecule has 0 fully saturated rings. The molecule has 1 aromatic heterocycles. The molecule has 0 amide bonds. The van der Waals surface area contributed by atoms with Crippen LogP contribution in [0.1, 0.15) is 31.1 Å². The van der Waals surface area contributed by atoms with Crippen LogP contribution in [0.4, 0.5) is 5.69 Å². The van der Waals surface area contributed by atoms with Gasteiger partial charge in [-0.25, -0.2) is 0 Å². The SMILES string of the molecule is COc1cc(Br)c(C)c2c1NC(C)(C)c1nnc(C)n1-2. The lowest BCUT2D eigenvalue weighted by Gasteiger charge is -2.35. The topological polar surface area (TPSA) is 52.0 Å². The van der Waals surface area contributed by atoms with Crippen LogP contribution in [0.25, 0.3) is 5.69 Å². The standard InChI is InChI=1S/C14H17BrN4O/c1-7-9(15)6-10(20-5)11-12(7)19-8(2)17-18-13(19)14(3,4)16-11/h6,16H,1-5H3. The molecule has 2 heterocycles. The minimum absolute atomic E-state index is 0.304.